The largest absolute Gasteiger partial charge is 0.207 e. The monoisotopic (exact) mass is 256 g/mol. The molecule has 96 valence electrons. The lowest BCUT2D eigenvalue weighted by Gasteiger charge is -2.09. The lowest BCUT2D eigenvalue weighted by atomic mass is 10.0. The Kier molecular flexibility index (Phi) is 7.27. The fraction of sp³-hybridized carbons (Fsp3) is 0.600. The molecule has 1 atom stereocenters. The van der Waals surface area contributed by atoms with E-state index in [2.05, 4.69) is 6.92 Å². The van der Waals surface area contributed by atoms with E-state index in [1.54, 1.807) is 12.1 Å². The molecule has 1 aromatic carbocycles. The van der Waals surface area contributed by atoms with E-state index in [0.717, 1.165) is 18.4 Å². The zero-order valence-electron chi connectivity index (χ0n) is 10.6. The first-order chi connectivity index (χ1) is 8.22. The van der Waals surface area contributed by atoms with Crippen molar-refractivity contribution in [1.82, 2.24) is 0 Å². The van der Waals surface area contributed by atoms with E-state index in [9.17, 15) is 4.39 Å². The third-order valence-electron chi connectivity index (χ3n) is 2.97. The molecule has 0 aliphatic heterocycles. The molecule has 1 rings (SSSR count). The summed E-state index contributed by atoms with van der Waals surface area (Å²) in [6.07, 6.45) is 8.14. The van der Waals surface area contributed by atoms with Gasteiger partial charge in [-0.05, 0) is 30.5 Å². The van der Waals surface area contributed by atoms with E-state index < -0.39 is 0 Å². The molecule has 2 heteroatoms. The van der Waals surface area contributed by atoms with E-state index in [-0.39, 0.29) is 11.2 Å². The maximum atomic E-state index is 13.0. The standard InChI is InChI=1S/C15H22ClF/c1-2-3-4-5-6-9-14(16)11-13-8-7-10-15(17)12-13/h7-8,10,12,14H,2-6,9,11H2,1H3. The summed E-state index contributed by atoms with van der Waals surface area (Å²) in [5.74, 6) is -0.172. The Bertz CT molecular complexity index is 312. The van der Waals surface area contributed by atoms with Crippen molar-refractivity contribution in [3.8, 4) is 0 Å². The lowest BCUT2D eigenvalue weighted by Crippen LogP contribution is -2.03. The Balaban J connectivity index is 2.18. The molecule has 0 spiro atoms. The van der Waals surface area contributed by atoms with E-state index in [4.69, 9.17) is 11.6 Å². The highest BCUT2D eigenvalue weighted by atomic mass is 35.5. The highest BCUT2D eigenvalue weighted by Gasteiger charge is 2.06. The van der Waals surface area contributed by atoms with Gasteiger partial charge in [0.2, 0.25) is 0 Å². The average molecular weight is 257 g/mol. The smallest absolute Gasteiger partial charge is 0.123 e. The summed E-state index contributed by atoms with van der Waals surface area (Å²) in [6, 6.07) is 6.73. The minimum atomic E-state index is -0.172. The van der Waals surface area contributed by atoms with E-state index >= 15 is 0 Å². The van der Waals surface area contributed by atoms with E-state index in [1.807, 2.05) is 6.07 Å². The first kappa shape index (κ1) is 14.5. The second kappa shape index (κ2) is 8.52. The van der Waals surface area contributed by atoms with E-state index in [0.29, 0.717) is 0 Å². The molecule has 1 aromatic rings. The molecule has 0 amide bonds. The quantitative estimate of drug-likeness (QED) is 0.435. The molecule has 0 fully saturated rings. The minimum absolute atomic E-state index is 0.137. The van der Waals surface area contributed by atoms with Crippen LogP contribution in [0, 0.1) is 5.82 Å². The van der Waals surface area contributed by atoms with Crippen LogP contribution < -0.4 is 0 Å². The van der Waals surface area contributed by atoms with Crippen LogP contribution in [0.2, 0.25) is 0 Å². The summed E-state index contributed by atoms with van der Waals surface area (Å²) >= 11 is 6.26. The lowest BCUT2D eigenvalue weighted by molar-refractivity contribution is 0.590. The Morgan fingerprint density at radius 2 is 1.94 bits per heavy atom. The Labute approximate surface area is 109 Å². The van der Waals surface area contributed by atoms with Crippen LogP contribution in [0.3, 0.4) is 0 Å². The Hall–Kier alpha value is -0.560. The van der Waals surface area contributed by atoms with Gasteiger partial charge < -0.3 is 0 Å². The predicted molar refractivity (Wildman–Crippen MR) is 73.1 cm³/mol. The van der Waals surface area contributed by atoms with Gasteiger partial charge in [-0.25, -0.2) is 4.39 Å². The van der Waals surface area contributed by atoms with Crippen molar-refractivity contribution in [2.75, 3.05) is 0 Å². The van der Waals surface area contributed by atoms with Crippen molar-refractivity contribution < 1.29 is 4.39 Å². The SMILES string of the molecule is CCCCCCCC(Cl)Cc1cccc(F)c1. The fourth-order valence-electron chi connectivity index (χ4n) is 1.99. The van der Waals surface area contributed by atoms with Crippen LogP contribution in [0.5, 0.6) is 0 Å². The molecule has 0 aromatic heterocycles. The second-order valence-corrected chi connectivity index (χ2v) is 5.25. The second-order valence-electron chi connectivity index (χ2n) is 4.63. The molecule has 17 heavy (non-hydrogen) atoms. The molecule has 0 aliphatic rings. The third kappa shape index (κ3) is 6.68. The zero-order chi connectivity index (χ0) is 12.5. The van der Waals surface area contributed by atoms with Crippen molar-refractivity contribution in [3.63, 3.8) is 0 Å². The average Bonchev–Trinajstić information content (AvgIpc) is 2.29. The number of alkyl halides is 1. The molecule has 0 N–H and O–H groups in total. The number of hydrogen-bond acceptors (Lipinski definition) is 0. The summed E-state index contributed by atoms with van der Waals surface area (Å²) in [5.41, 5.74) is 0.999. The molecule has 1 unspecified atom stereocenters. The van der Waals surface area contributed by atoms with Gasteiger partial charge in [-0.2, -0.15) is 0 Å². The van der Waals surface area contributed by atoms with Gasteiger partial charge in [0, 0.05) is 5.38 Å². The maximum Gasteiger partial charge on any atom is 0.123 e. The van der Waals surface area contributed by atoms with Gasteiger partial charge in [0.15, 0.2) is 0 Å². The maximum absolute atomic E-state index is 13.0. The third-order valence-corrected chi connectivity index (χ3v) is 3.34. The normalized spacial score (nSPS) is 12.6. The van der Waals surface area contributed by atoms with Crippen molar-refractivity contribution in [3.05, 3.63) is 35.6 Å². The van der Waals surface area contributed by atoms with Crippen LogP contribution in [0.1, 0.15) is 51.0 Å². The van der Waals surface area contributed by atoms with Gasteiger partial charge in [0.1, 0.15) is 5.82 Å². The van der Waals surface area contributed by atoms with Crippen molar-refractivity contribution >= 4 is 11.6 Å². The van der Waals surface area contributed by atoms with Gasteiger partial charge in [-0.15, -0.1) is 11.6 Å². The molecular weight excluding hydrogens is 235 g/mol. The number of halogens is 2. The Morgan fingerprint density at radius 3 is 2.65 bits per heavy atom. The molecule has 0 aliphatic carbocycles. The number of hydrogen-bond donors (Lipinski definition) is 0. The van der Waals surface area contributed by atoms with Crippen molar-refractivity contribution in [2.24, 2.45) is 0 Å². The first-order valence-electron chi connectivity index (χ1n) is 6.61. The summed E-state index contributed by atoms with van der Waals surface area (Å²) in [7, 11) is 0. The molecule has 0 saturated carbocycles. The van der Waals surface area contributed by atoms with Crippen LogP contribution in [0.25, 0.3) is 0 Å². The summed E-state index contributed by atoms with van der Waals surface area (Å²) < 4.78 is 13.0. The first-order valence-corrected chi connectivity index (χ1v) is 7.04. The van der Waals surface area contributed by atoms with Crippen molar-refractivity contribution in [2.45, 2.75) is 57.2 Å². The van der Waals surface area contributed by atoms with E-state index in [1.165, 1.54) is 38.2 Å². The topological polar surface area (TPSA) is 0 Å². The predicted octanol–water partition coefficient (Wildman–Crippen LogP) is 5.34. The highest BCUT2D eigenvalue weighted by molar-refractivity contribution is 6.20. The van der Waals surface area contributed by atoms with Crippen LogP contribution in [0.4, 0.5) is 4.39 Å². The number of rotatable bonds is 8. The van der Waals surface area contributed by atoms with Crippen molar-refractivity contribution in [1.29, 1.82) is 0 Å². The highest BCUT2D eigenvalue weighted by Crippen LogP contribution is 2.16. The summed E-state index contributed by atoms with van der Waals surface area (Å²) in [6.45, 7) is 2.22. The van der Waals surface area contributed by atoms with Crippen LogP contribution in [-0.2, 0) is 6.42 Å². The van der Waals surface area contributed by atoms with Gasteiger partial charge in [-0.1, -0.05) is 51.2 Å². The number of benzene rings is 1. The summed E-state index contributed by atoms with van der Waals surface area (Å²) in [4.78, 5) is 0. The zero-order valence-corrected chi connectivity index (χ0v) is 11.3. The molecule has 0 radical (unpaired) electrons. The number of unbranched alkanes of at least 4 members (excludes halogenated alkanes) is 4. The molecule has 0 heterocycles. The molecular formula is C15H22ClF. The van der Waals surface area contributed by atoms with Crippen LogP contribution >= 0.6 is 11.6 Å². The summed E-state index contributed by atoms with van der Waals surface area (Å²) in [5, 5.41) is 0.137. The van der Waals surface area contributed by atoms with Crippen LogP contribution in [0.15, 0.2) is 24.3 Å². The molecule has 0 saturated heterocycles. The van der Waals surface area contributed by atoms with Crippen LogP contribution in [-0.4, -0.2) is 5.38 Å². The van der Waals surface area contributed by atoms with Gasteiger partial charge in [0.05, 0.1) is 0 Å². The van der Waals surface area contributed by atoms with Gasteiger partial charge in [0.25, 0.3) is 0 Å². The minimum Gasteiger partial charge on any atom is -0.207 e. The van der Waals surface area contributed by atoms with Gasteiger partial charge in [-0.3, -0.25) is 0 Å². The van der Waals surface area contributed by atoms with Gasteiger partial charge >= 0.3 is 0 Å². The molecule has 0 bridgehead atoms. The molecule has 0 nitrogen and oxygen atoms in total. The fourth-order valence-corrected chi connectivity index (χ4v) is 2.32. The Morgan fingerprint density at radius 1 is 1.18 bits per heavy atom.